The molecule has 0 heterocycles. The monoisotopic (exact) mass is 292 g/mol. The average Bonchev–Trinajstić information content (AvgIpc) is 2.23. The lowest BCUT2D eigenvalue weighted by Crippen LogP contribution is -1.98. The zero-order valence-electron chi connectivity index (χ0n) is 8.38. The fraction of sp³-hybridized carbons (Fsp3) is 0.455. The highest BCUT2D eigenvalue weighted by Crippen LogP contribution is 2.25. The minimum Gasteiger partial charge on any atom is -0.492 e. The first kappa shape index (κ1) is 12.8. The zero-order chi connectivity index (χ0) is 11.1. The van der Waals surface area contributed by atoms with Crippen molar-refractivity contribution in [1.29, 1.82) is 0 Å². The number of hydrogen-bond acceptors (Lipinski definition) is 2. The quantitative estimate of drug-likeness (QED) is 0.614. The maximum absolute atomic E-state index is 12.9. The second kappa shape index (κ2) is 7.12. The number of unbranched alkanes of at least 4 members (excludes halogenated alkanes) is 2. The number of hydrogen-bond donors (Lipinski definition) is 1. The van der Waals surface area contributed by atoms with Crippen LogP contribution in [-0.2, 0) is 0 Å². The highest BCUT2D eigenvalue weighted by atomic mass is 79.9. The molecule has 1 rings (SSSR count). The molecule has 0 unspecified atom stereocenters. The number of ether oxygens (including phenoxy) is 1. The van der Waals surface area contributed by atoms with E-state index >= 15 is 0 Å². The van der Waals surface area contributed by atoms with Gasteiger partial charge in [0.1, 0.15) is 11.6 Å². The lowest BCUT2D eigenvalue weighted by molar-refractivity contribution is 0.303. The molecular weight excluding hydrogens is 279 g/mol. The minimum atomic E-state index is -0.274. The Morgan fingerprint density at radius 2 is 2.07 bits per heavy atom. The Labute approximate surface area is 104 Å². The van der Waals surface area contributed by atoms with E-state index in [4.69, 9.17) is 4.74 Å². The van der Waals surface area contributed by atoms with Gasteiger partial charge < -0.3 is 4.74 Å². The Balaban J connectivity index is 2.33. The fourth-order valence-corrected chi connectivity index (χ4v) is 1.75. The van der Waals surface area contributed by atoms with Crippen molar-refractivity contribution >= 4 is 28.6 Å². The molecule has 0 aliphatic carbocycles. The van der Waals surface area contributed by atoms with E-state index < -0.39 is 0 Å². The molecule has 1 nitrogen and oxygen atoms in total. The van der Waals surface area contributed by atoms with E-state index in [9.17, 15) is 4.39 Å². The summed E-state index contributed by atoms with van der Waals surface area (Å²) in [5, 5.41) is 0. The molecule has 0 aromatic heterocycles. The first-order valence-electron chi connectivity index (χ1n) is 4.93. The topological polar surface area (TPSA) is 9.23 Å². The van der Waals surface area contributed by atoms with Gasteiger partial charge in [-0.05, 0) is 53.1 Å². The van der Waals surface area contributed by atoms with Gasteiger partial charge in [-0.2, -0.15) is 12.6 Å². The third-order valence-corrected chi connectivity index (χ3v) is 2.92. The summed E-state index contributed by atoms with van der Waals surface area (Å²) >= 11 is 7.43. The molecule has 1 aromatic carbocycles. The van der Waals surface area contributed by atoms with Crippen LogP contribution in [0.25, 0.3) is 0 Å². The van der Waals surface area contributed by atoms with Crippen LogP contribution < -0.4 is 4.74 Å². The maximum atomic E-state index is 12.9. The van der Waals surface area contributed by atoms with Crippen LogP contribution in [0.5, 0.6) is 5.75 Å². The van der Waals surface area contributed by atoms with Gasteiger partial charge in [-0.15, -0.1) is 0 Å². The standard InChI is InChI=1S/C11H14BrFOS/c12-10-5-4-9(13)8-11(10)14-6-2-1-3-7-15/h4-5,8,15H,1-3,6-7H2. The summed E-state index contributed by atoms with van der Waals surface area (Å²) in [5.74, 6) is 1.20. The molecule has 0 spiro atoms. The molecule has 0 radical (unpaired) electrons. The maximum Gasteiger partial charge on any atom is 0.136 e. The minimum absolute atomic E-state index is 0.274. The molecule has 0 bridgehead atoms. The molecule has 1 aromatic rings. The average molecular weight is 293 g/mol. The summed E-state index contributed by atoms with van der Waals surface area (Å²) in [6.45, 7) is 0.621. The number of rotatable bonds is 6. The van der Waals surface area contributed by atoms with Crippen LogP contribution in [-0.4, -0.2) is 12.4 Å². The molecule has 4 heteroatoms. The number of halogens is 2. The molecule has 0 saturated carbocycles. The van der Waals surface area contributed by atoms with Gasteiger partial charge in [0, 0.05) is 6.07 Å². The second-order valence-electron chi connectivity index (χ2n) is 3.21. The van der Waals surface area contributed by atoms with E-state index in [1.165, 1.54) is 12.1 Å². The van der Waals surface area contributed by atoms with Crippen LogP contribution in [0.4, 0.5) is 4.39 Å². The predicted molar refractivity (Wildman–Crippen MR) is 67.3 cm³/mol. The highest BCUT2D eigenvalue weighted by molar-refractivity contribution is 9.10. The van der Waals surface area contributed by atoms with Crippen LogP contribution in [0.1, 0.15) is 19.3 Å². The number of thiol groups is 1. The van der Waals surface area contributed by atoms with Gasteiger partial charge in [0.25, 0.3) is 0 Å². The first-order valence-corrected chi connectivity index (χ1v) is 6.35. The van der Waals surface area contributed by atoms with Crippen molar-refractivity contribution < 1.29 is 9.13 Å². The third-order valence-electron chi connectivity index (χ3n) is 1.95. The van der Waals surface area contributed by atoms with Crippen molar-refractivity contribution in [2.75, 3.05) is 12.4 Å². The van der Waals surface area contributed by atoms with Gasteiger partial charge in [-0.1, -0.05) is 0 Å². The van der Waals surface area contributed by atoms with E-state index in [-0.39, 0.29) is 5.82 Å². The molecule has 0 aliphatic heterocycles. The Hall–Kier alpha value is -0.220. The fourth-order valence-electron chi connectivity index (χ4n) is 1.16. The summed E-state index contributed by atoms with van der Waals surface area (Å²) in [4.78, 5) is 0. The van der Waals surface area contributed by atoms with Gasteiger partial charge in [0.15, 0.2) is 0 Å². The molecule has 0 amide bonds. The van der Waals surface area contributed by atoms with E-state index in [0.717, 1.165) is 29.5 Å². The van der Waals surface area contributed by atoms with Crippen LogP contribution in [0, 0.1) is 5.82 Å². The summed E-state index contributed by atoms with van der Waals surface area (Å²) < 4.78 is 19.1. The Morgan fingerprint density at radius 1 is 1.27 bits per heavy atom. The van der Waals surface area contributed by atoms with Gasteiger partial charge in [0.05, 0.1) is 11.1 Å². The molecular formula is C11H14BrFOS. The Morgan fingerprint density at radius 3 is 2.80 bits per heavy atom. The van der Waals surface area contributed by atoms with E-state index in [2.05, 4.69) is 28.6 Å². The van der Waals surface area contributed by atoms with E-state index in [1.807, 2.05) is 0 Å². The summed E-state index contributed by atoms with van der Waals surface area (Å²) in [5.41, 5.74) is 0. The lowest BCUT2D eigenvalue weighted by atomic mass is 10.2. The third kappa shape index (κ3) is 4.89. The molecule has 0 aliphatic rings. The molecule has 0 atom stereocenters. The predicted octanol–water partition coefficient (Wildman–Crippen LogP) is 4.07. The van der Waals surface area contributed by atoms with Crippen molar-refractivity contribution in [3.05, 3.63) is 28.5 Å². The van der Waals surface area contributed by atoms with E-state index in [1.54, 1.807) is 6.07 Å². The first-order chi connectivity index (χ1) is 7.24. The van der Waals surface area contributed by atoms with Gasteiger partial charge in [-0.25, -0.2) is 4.39 Å². The molecule has 0 N–H and O–H groups in total. The van der Waals surface area contributed by atoms with Crippen molar-refractivity contribution in [3.63, 3.8) is 0 Å². The van der Waals surface area contributed by atoms with Crippen molar-refractivity contribution in [3.8, 4) is 5.75 Å². The van der Waals surface area contributed by atoms with Crippen molar-refractivity contribution in [1.82, 2.24) is 0 Å². The van der Waals surface area contributed by atoms with Crippen LogP contribution >= 0.6 is 28.6 Å². The lowest BCUT2D eigenvalue weighted by Gasteiger charge is -2.07. The molecule has 0 saturated heterocycles. The summed E-state index contributed by atoms with van der Waals surface area (Å²) in [7, 11) is 0. The highest BCUT2D eigenvalue weighted by Gasteiger charge is 2.02. The van der Waals surface area contributed by atoms with Crippen molar-refractivity contribution in [2.24, 2.45) is 0 Å². The van der Waals surface area contributed by atoms with Crippen LogP contribution in [0.3, 0.4) is 0 Å². The van der Waals surface area contributed by atoms with Crippen LogP contribution in [0.2, 0.25) is 0 Å². The number of benzene rings is 1. The summed E-state index contributed by atoms with van der Waals surface area (Å²) in [6.07, 6.45) is 3.16. The van der Waals surface area contributed by atoms with Gasteiger partial charge in [0.2, 0.25) is 0 Å². The second-order valence-corrected chi connectivity index (χ2v) is 4.51. The molecule has 0 fully saturated rings. The SMILES string of the molecule is Fc1ccc(Br)c(OCCCCCS)c1. The van der Waals surface area contributed by atoms with Gasteiger partial charge >= 0.3 is 0 Å². The van der Waals surface area contributed by atoms with Crippen LogP contribution in [0.15, 0.2) is 22.7 Å². The largest absolute Gasteiger partial charge is 0.492 e. The van der Waals surface area contributed by atoms with Crippen molar-refractivity contribution in [2.45, 2.75) is 19.3 Å². The molecule has 15 heavy (non-hydrogen) atoms. The Kier molecular flexibility index (Phi) is 6.10. The molecule has 84 valence electrons. The summed E-state index contributed by atoms with van der Waals surface area (Å²) in [6, 6.07) is 4.44. The van der Waals surface area contributed by atoms with E-state index in [0.29, 0.717) is 12.4 Å². The Bertz CT molecular complexity index is 307. The smallest absolute Gasteiger partial charge is 0.136 e. The normalized spacial score (nSPS) is 10.3. The zero-order valence-corrected chi connectivity index (χ0v) is 10.9. The van der Waals surface area contributed by atoms with Gasteiger partial charge in [-0.3, -0.25) is 0 Å².